The highest BCUT2D eigenvalue weighted by Gasteiger charge is 2.22. The summed E-state index contributed by atoms with van der Waals surface area (Å²) in [6, 6.07) is 15.0. The van der Waals surface area contributed by atoms with Crippen LogP contribution in [0.2, 0.25) is 0 Å². The normalized spacial score (nSPS) is 18.1. The second-order valence-electron chi connectivity index (χ2n) is 5.49. The Bertz CT molecular complexity index is 776. The molecule has 1 heterocycles. The Labute approximate surface area is 126 Å². The number of aryl methyl sites for hydroxylation is 1. The van der Waals surface area contributed by atoms with Gasteiger partial charge in [-0.3, -0.25) is 0 Å². The lowest BCUT2D eigenvalue weighted by Crippen LogP contribution is -2.13. The maximum atomic E-state index is 4.77. The van der Waals surface area contributed by atoms with E-state index in [-0.39, 0.29) is 0 Å². The van der Waals surface area contributed by atoms with Crippen LogP contribution in [0.25, 0.3) is 11.0 Å². The monoisotopic (exact) mass is 326 g/mol. The predicted molar refractivity (Wildman–Crippen MR) is 85.0 cm³/mol. The Morgan fingerprint density at radius 2 is 1.95 bits per heavy atom. The first-order valence-electron chi connectivity index (χ1n) is 7.01. The van der Waals surface area contributed by atoms with Gasteiger partial charge in [-0.25, -0.2) is 4.98 Å². The minimum Gasteiger partial charge on any atom is -0.342 e. The number of nitrogens with one attached hydrogen (secondary N) is 1. The average Bonchev–Trinajstić information content (AvgIpc) is 2.89. The zero-order valence-corrected chi connectivity index (χ0v) is 12.7. The fraction of sp³-hybridized carbons (Fsp3) is 0.235. The van der Waals surface area contributed by atoms with E-state index in [1.165, 1.54) is 17.5 Å². The van der Waals surface area contributed by atoms with Crippen LogP contribution in [-0.4, -0.2) is 9.97 Å². The van der Waals surface area contributed by atoms with Crippen molar-refractivity contribution in [3.63, 3.8) is 0 Å². The number of hydrogen-bond acceptors (Lipinski definition) is 1. The molecule has 4 rings (SSSR count). The lowest BCUT2D eigenvalue weighted by Gasteiger charge is -2.22. The van der Waals surface area contributed by atoms with Crippen LogP contribution in [0.15, 0.2) is 46.9 Å². The quantitative estimate of drug-likeness (QED) is 0.695. The van der Waals surface area contributed by atoms with Crippen molar-refractivity contribution in [3.8, 4) is 0 Å². The molecule has 3 aromatic rings. The molecule has 1 unspecified atom stereocenters. The van der Waals surface area contributed by atoms with Crippen molar-refractivity contribution in [1.82, 2.24) is 9.97 Å². The molecule has 1 N–H and O–H groups in total. The lowest BCUT2D eigenvalue weighted by atomic mass is 9.83. The third-order valence-corrected chi connectivity index (χ3v) is 4.69. The van der Waals surface area contributed by atoms with E-state index in [4.69, 9.17) is 4.98 Å². The molecule has 0 radical (unpaired) electrons. The Hall–Kier alpha value is -1.61. The summed E-state index contributed by atoms with van der Waals surface area (Å²) in [6.07, 6.45) is 3.43. The molecule has 20 heavy (non-hydrogen) atoms. The van der Waals surface area contributed by atoms with E-state index < -0.39 is 0 Å². The van der Waals surface area contributed by atoms with Crippen LogP contribution in [0.4, 0.5) is 0 Å². The lowest BCUT2D eigenvalue weighted by molar-refractivity contribution is 0.561. The fourth-order valence-corrected chi connectivity index (χ4v) is 3.49. The van der Waals surface area contributed by atoms with Crippen LogP contribution in [0.5, 0.6) is 0 Å². The minimum absolute atomic E-state index is 0.510. The number of rotatable bonds is 1. The molecule has 2 aromatic carbocycles. The number of imidazole rings is 1. The number of aromatic nitrogens is 2. The first-order chi connectivity index (χ1) is 9.79. The van der Waals surface area contributed by atoms with Crippen molar-refractivity contribution in [2.75, 3.05) is 0 Å². The second kappa shape index (κ2) is 4.74. The van der Waals surface area contributed by atoms with Crippen LogP contribution in [0.1, 0.15) is 29.3 Å². The van der Waals surface area contributed by atoms with Gasteiger partial charge in [-0.2, -0.15) is 0 Å². The van der Waals surface area contributed by atoms with Gasteiger partial charge in [0.15, 0.2) is 0 Å². The summed E-state index contributed by atoms with van der Waals surface area (Å²) >= 11 is 3.51. The molecule has 100 valence electrons. The van der Waals surface area contributed by atoms with Gasteiger partial charge in [0.25, 0.3) is 0 Å². The van der Waals surface area contributed by atoms with Gasteiger partial charge >= 0.3 is 0 Å². The third kappa shape index (κ3) is 2.06. The zero-order valence-electron chi connectivity index (χ0n) is 11.1. The Morgan fingerprint density at radius 3 is 2.85 bits per heavy atom. The first-order valence-corrected chi connectivity index (χ1v) is 7.81. The molecule has 0 bridgehead atoms. The summed E-state index contributed by atoms with van der Waals surface area (Å²) in [5.41, 5.74) is 5.16. The molecule has 3 heteroatoms. The van der Waals surface area contributed by atoms with Crippen LogP contribution in [0, 0.1) is 0 Å². The number of hydrogen-bond donors (Lipinski definition) is 1. The van der Waals surface area contributed by atoms with Crippen LogP contribution >= 0.6 is 15.9 Å². The van der Waals surface area contributed by atoms with E-state index in [1.807, 2.05) is 6.07 Å². The van der Waals surface area contributed by atoms with Crippen molar-refractivity contribution < 1.29 is 0 Å². The van der Waals surface area contributed by atoms with E-state index in [1.54, 1.807) is 0 Å². The van der Waals surface area contributed by atoms with Crippen molar-refractivity contribution in [1.29, 1.82) is 0 Å². The number of fused-ring (bicyclic) bond motifs is 2. The Kier molecular flexibility index (Phi) is 2.88. The van der Waals surface area contributed by atoms with Crippen molar-refractivity contribution in [2.24, 2.45) is 0 Å². The van der Waals surface area contributed by atoms with E-state index in [0.717, 1.165) is 34.2 Å². The Balaban J connectivity index is 1.70. The van der Waals surface area contributed by atoms with Gasteiger partial charge in [-0.1, -0.05) is 40.2 Å². The molecule has 1 aliphatic carbocycles. The highest BCUT2D eigenvalue weighted by atomic mass is 79.9. The van der Waals surface area contributed by atoms with Crippen molar-refractivity contribution >= 4 is 27.0 Å². The fourth-order valence-electron chi connectivity index (χ4n) is 3.13. The largest absolute Gasteiger partial charge is 0.342 e. The van der Waals surface area contributed by atoms with E-state index in [0.29, 0.717) is 5.92 Å². The first kappa shape index (κ1) is 12.2. The molecular weight excluding hydrogens is 312 g/mol. The summed E-state index contributed by atoms with van der Waals surface area (Å²) in [5.74, 6) is 1.64. The van der Waals surface area contributed by atoms with Crippen LogP contribution < -0.4 is 0 Å². The number of benzene rings is 2. The SMILES string of the molecule is Brc1ccc2nc(C3CCc4ccccc4C3)[nH]c2c1. The number of halogens is 1. The van der Waals surface area contributed by atoms with E-state index >= 15 is 0 Å². The summed E-state index contributed by atoms with van der Waals surface area (Å²) < 4.78 is 1.09. The standard InChI is InChI=1S/C17H15BrN2/c18-14-7-8-15-16(10-14)20-17(19-15)13-6-5-11-3-1-2-4-12(11)9-13/h1-4,7-8,10,13H,5-6,9H2,(H,19,20). The Morgan fingerprint density at radius 1 is 1.10 bits per heavy atom. The predicted octanol–water partition coefficient (Wildman–Crippen LogP) is 4.60. The number of H-pyrrole nitrogens is 1. The molecular formula is C17H15BrN2. The smallest absolute Gasteiger partial charge is 0.110 e. The molecule has 1 aromatic heterocycles. The summed E-state index contributed by atoms with van der Waals surface area (Å²) in [5, 5.41) is 0. The molecule has 0 aliphatic heterocycles. The molecule has 1 aliphatic rings. The summed E-state index contributed by atoms with van der Waals surface area (Å²) in [4.78, 5) is 8.27. The van der Waals surface area contributed by atoms with Gasteiger partial charge in [-0.15, -0.1) is 0 Å². The number of aromatic amines is 1. The summed E-state index contributed by atoms with van der Waals surface area (Å²) in [6.45, 7) is 0. The van der Waals surface area contributed by atoms with Gasteiger partial charge < -0.3 is 4.98 Å². The highest BCUT2D eigenvalue weighted by molar-refractivity contribution is 9.10. The van der Waals surface area contributed by atoms with Crippen molar-refractivity contribution in [3.05, 3.63) is 63.9 Å². The van der Waals surface area contributed by atoms with Crippen LogP contribution in [0.3, 0.4) is 0 Å². The molecule has 0 spiro atoms. The topological polar surface area (TPSA) is 28.7 Å². The van der Waals surface area contributed by atoms with Gasteiger partial charge in [0.2, 0.25) is 0 Å². The zero-order chi connectivity index (χ0) is 13.5. The molecule has 1 atom stereocenters. The molecule has 0 saturated carbocycles. The van der Waals surface area contributed by atoms with E-state index in [9.17, 15) is 0 Å². The van der Waals surface area contributed by atoms with Gasteiger partial charge in [0.1, 0.15) is 5.82 Å². The maximum Gasteiger partial charge on any atom is 0.110 e. The molecule has 0 amide bonds. The minimum atomic E-state index is 0.510. The summed E-state index contributed by atoms with van der Waals surface area (Å²) in [7, 11) is 0. The van der Waals surface area contributed by atoms with Crippen molar-refractivity contribution in [2.45, 2.75) is 25.2 Å². The third-order valence-electron chi connectivity index (χ3n) is 4.20. The molecule has 0 fully saturated rings. The molecule has 2 nitrogen and oxygen atoms in total. The second-order valence-corrected chi connectivity index (χ2v) is 6.41. The number of nitrogens with zero attached hydrogens (tertiary/aromatic N) is 1. The van der Waals surface area contributed by atoms with Gasteiger partial charge in [0, 0.05) is 10.4 Å². The molecule has 0 saturated heterocycles. The van der Waals surface area contributed by atoms with Crippen LogP contribution in [-0.2, 0) is 12.8 Å². The average molecular weight is 327 g/mol. The maximum absolute atomic E-state index is 4.77. The van der Waals surface area contributed by atoms with E-state index in [2.05, 4.69) is 57.3 Å². The van der Waals surface area contributed by atoms with Gasteiger partial charge in [-0.05, 0) is 48.6 Å². The van der Waals surface area contributed by atoms with Gasteiger partial charge in [0.05, 0.1) is 11.0 Å². The highest BCUT2D eigenvalue weighted by Crippen LogP contribution is 2.32.